The van der Waals surface area contributed by atoms with Crippen LogP contribution in [0.5, 0.6) is 0 Å². The molecule has 0 spiro atoms. The standard InChI is InChI=1S/C10H10O5/c1-4-8-5(3-13-10(8)12)9-6(14-4)2-7(11)15-9/h4,6,9H,2-3H2,1H3/t4-,6-,9-/m0/s1. The molecule has 3 aliphatic heterocycles. The summed E-state index contributed by atoms with van der Waals surface area (Å²) in [5, 5.41) is 0. The lowest BCUT2D eigenvalue weighted by molar-refractivity contribution is -0.141. The van der Waals surface area contributed by atoms with Crippen LogP contribution in [0, 0.1) is 0 Å². The fourth-order valence-corrected chi connectivity index (χ4v) is 2.37. The van der Waals surface area contributed by atoms with Crippen molar-refractivity contribution in [2.45, 2.75) is 31.7 Å². The number of hydrogen-bond acceptors (Lipinski definition) is 5. The Morgan fingerprint density at radius 2 is 2.13 bits per heavy atom. The summed E-state index contributed by atoms with van der Waals surface area (Å²) < 4.78 is 15.6. The van der Waals surface area contributed by atoms with Crippen molar-refractivity contribution in [3.63, 3.8) is 0 Å². The van der Waals surface area contributed by atoms with Crippen LogP contribution in [0.2, 0.25) is 0 Å². The molecule has 3 heterocycles. The van der Waals surface area contributed by atoms with Gasteiger partial charge in [-0.25, -0.2) is 4.79 Å². The first-order valence-electron chi connectivity index (χ1n) is 4.92. The molecular weight excluding hydrogens is 200 g/mol. The number of carbonyl (C=O) groups excluding carboxylic acids is 2. The molecule has 0 bridgehead atoms. The lowest BCUT2D eigenvalue weighted by Gasteiger charge is -2.28. The van der Waals surface area contributed by atoms with Crippen LogP contribution in [0.4, 0.5) is 0 Å². The summed E-state index contributed by atoms with van der Waals surface area (Å²) >= 11 is 0. The average molecular weight is 210 g/mol. The van der Waals surface area contributed by atoms with Crippen molar-refractivity contribution < 1.29 is 23.8 Å². The predicted molar refractivity (Wildman–Crippen MR) is 46.8 cm³/mol. The van der Waals surface area contributed by atoms with Gasteiger partial charge in [0.15, 0.2) is 6.10 Å². The van der Waals surface area contributed by atoms with Gasteiger partial charge in [-0.1, -0.05) is 0 Å². The van der Waals surface area contributed by atoms with Gasteiger partial charge in [-0.05, 0) is 6.92 Å². The van der Waals surface area contributed by atoms with Crippen molar-refractivity contribution in [3.05, 3.63) is 11.1 Å². The molecule has 3 rings (SSSR count). The van der Waals surface area contributed by atoms with E-state index < -0.39 is 6.10 Å². The van der Waals surface area contributed by atoms with Crippen molar-refractivity contribution in [3.8, 4) is 0 Å². The smallest absolute Gasteiger partial charge is 0.337 e. The van der Waals surface area contributed by atoms with Gasteiger partial charge in [0, 0.05) is 5.57 Å². The van der Waals surface area contributed by atoms with Gasteiger partial charge < -0.3 is 14.2 Å². The molecule has 0 N–H and O–H groups in total. The highest BCUT2D eigenvalue weighted by atomic mass is 16.6. The van der Waals surface area contributed by atoms with Crippen molar-refractivity contribution in [1.82, 2.24) is 0 Å². The third-order valence-corrected chi connectivity index (χ3v) is 3.02. The minimum Gasteiger partial charge on any atom is -0.458 e. The molecule has 3 atom stereocenters. The van der Waals surface area contributed by atoms with E-state index in [4.69, 9.17) is 14.2 Å². The molecular formula is C10H10O5. The van der Waals surface area contributed by atoms with Gasteiger partial charge >= 0.3 is 11.9 Å². The average Bonchev–Trinajstić information content (AvgIpc) is 2.69. The molecule has 5 nitrogen and oxygen atoms in total. The number of cyclic esters (lactones) is 1. The first-order valence-corrected chi connectivity index (χ1v) is 4.92. The molecule has 80 valence electrons. The number of ether oxygens (including phenoxy) is 3. The van der Waals surface area contributed by atoms with Crippen molar-refractivity contribution in [2.24, 2.45) is 0 Å². The van der Waals surface area contributed by atoms with Gasteiger partial charge in [0.2, 0.25) is 0 Å². The number of carbonyl (C=O) groups is 2. The van der Waals surface area contributed by atoms with Crippen LogP contribution >= 0.6 is 0 Å². The predicted octanol–water partition coefficient (Wildman–Crippen LogP) is -0.0574. The summed E-state index contributed by atoms with van der Waals surface area (Å²) in [6.07, 6.45) is -0.693. The maximum Gasteiger partial charge on any atom is 0.337 e. The van der Waals surface area contributed by atoms with E-state index in [-0.39, 0.29) is 37.2 Å². The second-order valence-corrected chi connectivity index (χ2v) is 3.95. The summed E-state index contributed by atoms with van der Waals surface area (Å²) in [7, 11) is 0. The quantitative estimate of drug-likeness (QED) is 0.524. The van der Waals surface area contributed by atoms with Gasteiger partial charge in [0.25, 0.3) is 0 Å². The highest BCUT2D eigenvalue weighted by Crippen LogP contribution is 2.37. The maximum absolute atomic E-state index is 11.4. The molecule has 15 heavy (non-hydrogen) atoms. The Hall–Kier alpha value is -1.36. The first-order chi connectivity index (χ1) is 7.16. The van der Waals surface area contributed by atoms with E-state index in [1.165, 1.54) is 0 Å². The van der Waals surface area contributed by atoms with Crippen LogP contribution in [0.15, 0.2) is 11.1 Å². The van der Waals surface area contributed by atoms with E-state index >= 15 is 0 Å². The molecule has 3 aliphatic rings. The number of hydrogen-bond donors (Lipinski definition) is 0. The third-order valence-electron chi connectivity index (χ3n) is 3.02. The Morgan fingerprint density at radius 3 is 2.93 bits per heavy atom. The van der Waals surface area contributed by atoms with E-state index in [1.54, 1.807) is 6.92 Å². The van der Waals surface area contributed by atoms with E-state index in [0.29, 0.717) is 5.57 Å². The molecule has 5 heteroatoms. The maximum atomic E-state index is 11.4. The van der Waals surface area contributed by atoms with E-state index in [0.717, 1.165) is 5.57 Å². The highest BCUT2D eigenvalue weighted by molar-refractivity contribution is 5.93. The van der Waals surface area contributed by atoms with E-state index in [9.17, 15) is 9.59 Å². The summed E-state index contributed by atoms with van der Waals surface area (Å²) in [6, 6.07) is 0. The van der Waals surface area contributed by atoms with Gasteiger partial charge in [0.05, 0.1) is 18.1 Å². The SMILES string of the molecule is C[C@@H]1O[C@H]2CC(=O)O[C@H]2C2=C1C(=O)OC2. The molecule has 1 saturated heterocycles. The summed E-state index contributed by atoms with van der Waals surface area (Å²) in [6.45, 7) is 2.03. The number of rotatable bonds is 0. The molecule has 1 fully saturated rings. The molecule has 0 aliphatic carbocycles. The first kappa shape index (κ1) is 8.91. The number of fused-ring (bicyclic) bond motifs is 2. The largest absolute Gasteiger partial charge is 0.458 e. The fraction of sp³-hybridized carbons (Fsp3) is 0.600. The second kappa shape index (κ2) is 2.82. The Kier molecular flexibility index (Phi) is 1.68. The van der Waals surface area contributed by atoms with Crippen molar-refractivity contribution in [2.75, 3.05) is 6.61 Å². The molecule has 0 aromatic heterocycles. The zero-order valence-electron chi connectivity index (χ0n) is 8.19. The van der Waals surface area contributed by atoms with Crippen LogP contribution < -0.4 is 0 Å². The van der Waals surface area contributed by atoms with Gasteiger partial charge in [-0.3, -0.25) is 4.79 Å². The third kappa shape index (κ3) is 1.13. The minimum absolute atomic E-state index is 0.232. The zero-order chi connectivity index (χ0) is 10.6. The van der Waals surface area contributed by atoms with Crippen molar-refractivity contribution >= 4 is 11.9 Å². The van der Waals surface area contributed by atoms with Crippen molar-refractivity contribution in [1.29, 1.82) is 0 Å². The molecule has 0 saturated carbocycles. The van der Waals surface area contributed by atoms with E-state index in [1.807, 2.05) is 0 Å². The Bertz CT molecular complexity index is 383. The van der Waals surface area contributed by atoms with Gasteiger partial charge in [-0.2, -0.15) is 0 Å². The summed E-state index contributed by atoms with van der Waals surface area (Å²) in [5.74, 6) is -0.621. The van der Waals surface area contributed by atoms with Crippen LogP contribution in [0.3, 0.4) is 0 Å². The lowest BCUT2D eigenvalue weighted by Crippen LogP contribution is -2.37. The van der Waals surface area contributed by atoms with Gasteiger partial charge in [-0.15, -0.1) is 0 Å². The highest BCUT2D eigenvalue weighted by Gasteiger charge is 2.48. The zero-order valence-corrected chi connectivity index (χ0v) is 8.19. The van der Waals surface area contributed by atoms with Crippen LogP contribution in [0.25, 0.3) is 0 Å². The minimum atomic E-state index is -0.407. The summed E-state index contributed by atoms with van der Waals surface area (Å²) in [5.41, 5.74) is 1.32. The Labute approximate surface area is 86.0 Å². The fourth-order valence-electron chi connectivity index (χ4n) is 2.37. The molecule has 0 aromatic carbocycles. The van der Waals surface area contributed by atoms with Crippen LogP contribution in [0.1, 0.15) is 13.3 Å². The Morgan fingerprint density at radius 1 is 1.33 bits per heavy atom. The molecule has 0 radical (unpaired) electrons. The van der Waals surface area contributed by atoms with Gasteiger partial charge in [0.1, 0.15) is 12.7 Å². The molecule has 0 unspecified atom stereocenters. The normalized spacial score (nSPS) is 38.6. The summed E-state index contributed by atoms with van der Waals surface area (Å²) in [4.78, 5) is 22.5. The monoisotopic (exact) mass is 210 g/mol. The lowest BCUT2D eigenvalue weighted by atomic mass is 9.94. The second-order valence-electron chi connectivity index (χ2n) is 3.95. The molecule has 0 amide bonds. The van der Waals surface area contributed by atoms with Crippen LogP contribution in [-0.2, 0) is 23.8 Å². The van der Waals surface area contributed by atoms with Crippen LogP contribution in [-0.4, -0.2) is 36.9 Å². The molecule has 0 aromatic rings. The number of esters is 2. The topological polar surface area (TPSA) is 61.8 Å². The van der Waals surface area contributed by atoms with E-state index in [2.05, 4.69) is 0 Å². The Balaban J connectivity index is 2.03.